The minimum absolute atomic E-state index is 0.444. The zero-order valence-electron chi connectivity index (χ0n) is 9.59. The Hall–Kier alpha value is -2.09. The molecule has 1 aromatic rings. The fraction of sp³-hybridized carbons (Fsp3) is 0.182. The third kappa shape index (κ3) is 4.96. The van der Waals surface area contributed by atoms with Crippen molar-refractivity contribution in [3.05, 3.63) is 28.7 Å². The molecule has 19 heavy (non-hydrogen) atoms. The van der Waals surface area contributed by atoms with Crippen molar-refractivity contribution in [2.75, 3.05) is 5.32 Å². The molecule has 0 heterocycles. The second kappa shape index (κ2) is 6.74. The molecule has 0 aromatic heterocycles. The van der Waals surface area contributed by atoms with Gasteiger partial charge in [-0.05, 0) is 28.1 Å². The predicted octanol–water partition coefficient (Wildman–Crippen LogP) is 1.50. The number of nitrogens with one attached hydrogen (secondary N) is 2. The molecule has 8 heteroatoms. The first kappa shape index (κ1) is 15.0. The van der Waals surface area contributed by atoms with Crippen LogP contribution in [-0.4, -0.2) is 34.2 Å². The Morgan fingerprint density at radius 2 is 1.84 bits per heavy atom. The summed E-state index contributed by atoms with van der Waals surface area (Å²) < 4.78 is 0.621. The van der Waals surface area contributed by atoms with E-state index in [9.17, 15) is 14.4 Å². The molecule has 0 bridgehead atoms. The molecule has 0 aliphatic heterocycles. The van der Waals surface area contributed by atoms with Crippen molar-refractivity contribution < 1.29 is 24.6 Å². The highest BCUT2D eigenvalue weighted by Crippen LogP contribution is 2.20. The summed E-state index contributed by atoms with van der Waals surface area (Å²) in [6.07, 6.45) is -0.696. The second-order valence-corrected chi connectivity index (χ2v) is 4.42. The summed E-state index contributed by atoms with van der Waals surface area (Å²) in [4.78, 5) is 32.8. The summed E-state index contributed by atoms with van der Waals surface area (Å²) in [5.74, 6) is -2.72. The fourth-order valence-corrected chi connectivity index (χ4v) is 1.64. The quantitative estimate of drug-likeness (QED) is 0.652. The van der Waals surface area contributed by atoms with Crippen LogP contribution in [0.2, 0.25) is 0 Å². The topological polar surface area (TPSA) is 116 Å². The minimum Gasteiger partial charge on any atom is -0.481 e. The third-order valence-electron chi connectivity index (χ3n) is 2.10. The SMILES string of the molecule is O=C(O)CC(NC(=O)Nc1ccccc1Br)C(=O)O. The molecular weight excluding hydrogens is 320 g/mol. The molecule has 1 rings (SSSR count). The third-order valence-corrected chi connectivity index (χ3v) is 2.80. The van der Waals surface area contributed by atoms with Gasteiger partial charge < -0.3 is 20.8 Å². The highest BCUT2D eigenvalue weighted by molar-refractivity contribution is 9.10. The molecule has 0 aliphatic rings. The highest BCUT2D eigenvalue weighted by Gasteiger charge is 2.23. The molecule has 1 unspecified atom stereocenters. The van der Waals surface area contributed by atoms with Crippen LogP contribution in [0, 0.1) is 0 Å². The standard InChI is InChI=1S/C11H11BrN2O5/c12-6-3-1-2-4-7(6)13-11(19)14-8(10(17)18)5-9(15)16/h1-4,8H,5H2,(H,15,16)(H,17,18)(H2,13,14,19). The molecule has 7 nitrogen and oxygen atoms in total. The number of anilines is 1. The first-order valence-corrected chi connectivity index (χ1v) is 5.96. The van der Waals surface area contributed by atoms with Gasteiger partial charge in [-0.15, -0.1) is 0 Å². The number of hydrogen-bond donors (Lipinski definition) is 4. The van der Waals surface area contributed by atoms with Gasteiger partial charge in [-0.3, -0.25) is 4.79 Å². The van der Waals surface area contributed by atoms with Gasteiger partial charge in [-0.1, -0.05) is 12.1 Å². The van der Waals surface area contributed by atoms with Crippen molar-refractivity contribution in [3.8, 4) is 0 Å². The van der Waals surface area contributed by atoms with Crippen molar-refractivity contribution >= 4 is 39.6 Å². The van der Waals surface area contributed by atoms with Gasteiger partial charge in [0.15, 0.2) is 0 Å². The van der Waals surface area contributed by atoms with Crippen LogP contribution >= 0.6 is 15.9 Å². The molecule has 0 saturated heterocycles. The van der Waals surface area contributed by atoms with Crippen molar-refractivity contribution in [1.82, 2.24) is 5.32 Å². The molecule has 0 radical (unpaired) electrons. The van der Waals surface area contributed by atoms with E-state index >= 15 is 0 Å². The lowest BCUT2D eigenvalue weighted by Gasteiger charge is -2.13. The van der Waals surface area contributed by atoms with Crippen LogP contribution in [0.4, 0.5) is 10.5 Å². The number of para-hydroxylation sites is 1. The van der Waals surface area contributed by atoms with Crippen molar-refractivity contribution in [1.29, 1.82) is 0 Å². The van der Waals surface area contributed by atoms with E-state index < -0.39 is 30.4 Å². The van der Waals surface area contributed by atoms with Gasteiger partial charge in [0.05, 0.1) is 12.1 Å². The van der Waals surface area contributed by atoms with Gasteiger partial charge in [0.1, 0.15) is 6.04 Å². The molecule has 0 spiro atoms. The van der Waals surface area contributed by atoms with E-state index in [0.717, 1.165) is 0 Å². The summed E-state index contributed by atoms with van der Waals surface area (Å²) in [5.41, 5.74) is 0.444. The maximum absolute atomic E-state index is 11.6. The van der Waals surface area contributed by atoms with E-state index in [2.05, 4.69) is 26.6 Å². The number of aliphatic carboxylic acids is 2. The zero-order valence-corrected chi connectivity index (χ0v) is 11.2. The highest BCUT2D eigenvalue weighted by atomic mass is 79.9. The lowest BCUT2D eigenvalue weighted by molar-refractivity contribution is -0.145. The number of carboxylic acids is 2. The van der Waals surface area contributed by atoms with Gasteiger partial charge in [-0.25, -0.2) is 9.59 Å². The van der Waals surface area contributed by atoms with E-state index in [0.29, 0.717) is 10.2 Å². The van der Waals surface area contributed by atoms with Crippen LogP contribution in [0.15, 0.2) is 28.7 Å². The van der Waals surface area contributed by atoms with E-state index in [4.69, 9.17) is 10.2 Å². The first-order chi connectivity index (χ1) is 8.90. The number of rotatable bonds is 5. The second-order valence-electron chi connectivity index (χ2n) is 3.57. The fourth-order valence-electron chi connectivity index (χ4n) is 1.25. The number of hydrogen-bond acceptors (Lipinski definition) is 3. The molecular formula is C11H11BrN2O5. The Morgan fingerprint density at radius 3 is 2.37 bits per heavy atom. The van der Waals surface area contributed by atoms with Crippen molar-refractivity contribution in [2.24, 2.45) is 0 Å². The number of carbonyl (C=O) groups is 3. The maximum Gasteiger partial charge on any atom is 0.326 e. The summed E-state index contributed by atoms with van der Waals surface area (Å²) in [7, 11) is 0. The number of carbonyl (C=O) groups excluding carboxylic acids is 1. The van der Waals surface area contributed by atoms with E-state index in [1.165, 1.54) is 0 Å². The maximum atomic E-state index is 11.6. The Labute approximate surface area is 116 Å². The lowest BCUT2D eigenvalue weighted by Crippen LogP contribution is -2.44. The van der Waals surface area contributed by atoms with Gasteiger partial charge in [0.25, 0.3) is 0 Å². The molecule has 0 fully saturated rings. The Morgan fingerprint density at radius 1 is 1.21 bits per heavy atom. The molecule has 102 valence electrons. The Kier molecular flexibility index (Phi) is 5.31. The number of halogens is 1. The van der Waals surface area contributed by atoms with Gasteiger partial charge in [0, 0.05) is 4.47 Å². The van der Waals surface area contributed by atoms with Crippen molar-refractivity contribution in [2.45, 2.75) is 12.5 Å². The molecule has 1 atom stereocenters. The average molecular weight is 331 g/mol. The molecule has 0 aliphatic carbocycles. The molecule has 4 N–H and O–H groups in total. The lowest BCUT2D eigenvalue weighted by atomic mass is 10.2. The Bertz CT molecular complexity index is 506. The van der Waals surface area contributed by atoms with Gasteiger partial charge >= 0.3 is 18.0 Å². The van der Waals surface area contributed by atoms with Crippen LogP contribution in [0.1, 0.15) is 6.42 Å². The summed E-state index contributed by atoms with van der Waals surface area (Å²) in [5, 5.41) is 21.8. The van der Waals surface area contributed by atoms with Crippen LogP contribution < -0.4 is 10.6 Å². The molecule has 2 amide bonds. The molecule has 1 aromatic carbocycles. The number of carboxylic acid groups (broad SMARTS) is 2. The van der Waals surface area contributed by atoms with Crippen LogP contribution in [-0.2, 0) is 9.59 Å². The largest absolute Gasteiger partial charge is 0.481 e. The molecule has 0 saturated carbocycles. The average Bonchev–Trinajstić information content (AvgIpc) is 2.30. The van der Waals surface area contributed by atoms with Gasteiger partial charge in [0.2, 0.25) is 0 Å². The van der Waals surface area contributed by atoms with Gasteiger partial charge in [-0.2, -0.15) is 0 Å². The monoisotopic (exact) mass is 330 g/mol. The van der Waals surface area contributed by atoms with Crippen LogP contribution in [0.5, 0.6) is 0 Å². The van der Waals surface area contributed by atoms with Crippen LogP contribution in [0.25, 0.3) is 0 Å². The minimum atomic E-state index is -1.49. The number of urea groups is 1. The summed E-state index contributed by atoms with van der Waals surface area (Å²) >= 11 is 3.21. The predicted molar refractivity (Wildman–Crippen MR) is 70.0 cm³/mol. The number of benzene rings is 1. The first-order valence-electron chi connectivity index (χ1n) is 5.17. The normalized spacial score (nSPS) is 11.4. The van der Waals surface area contributed by atoms with E-state index in [1.807, 2.05) is 0 Å². The smallest absolute Gasteiger partial charge is 0.326 e. The zero-order chi connectivity index (χ0) is 14.4. The Balaban J connectivity index is 2.65. The van der Waals surface area contributed by atoms with E-state index in [1.54, 1.807) is 24.3 Å². The summed E-state index contributed by atoms with van der Waals surface area (Å²) in [6.45, 7) is 0. The van der Waals surface area contributed by atoms with Crippen molar-refractivity contribution in [3.63, 3.8) is 0 Å². The number of amides is 2. The summed E-state index contributed by atoms with van der Waals surface area (Å²) in [6, 6.07) is 4.46. The van der Waals surface area contributed by atoms with Crippen LogP contribution in [0.3, 0.4) is 0 Å². The van der Waals surface area contributed by atoms with E-state index in [-0.39, 0.29) is 0 Å².